The van der Waals surface area contributed by atoms with Gasteiger partial charge < -0.3 is 5.32 Å². The van der Waals surface area contributed by atoms with Crippen molar-refractivity contribution in [2.45, 2.75) is 64.3 Å². The minimum Gasteiger partial charge on any atom is -0.353 e. The molecule has 1 aliphatic carbocycles. The lowest BCUT2D eigenvalue weighted by molar-refractivity contribution is -0.124. The van der Waals surface area contributed by atoms with Gasteiger partial charge in [0.25, 0.3) is 0 Å². The molecule has 1 aromatic rings. The summed E-state index contributed by atoms with van der Waals surface area (Å²) in [6.45, 7) is 5.31. The van der Waals surface area contributed by atoms with E-state index < -0.39 is 5.92 Å². The highest BCUT2D eigenvalue weighted by atomic mass is 16.2. The van der Waals surface area contributed by atoms with Crippen LogP contribution in [0.5, 0.6) is 0 Å². The number of carbonyl (C=O) groups is 2. The van der Waals surface area contributed by atoms with E-state index in [-0.39, 0.29) is 17.7 Å². The summed E-state index contributed by atoms with van der Waals surface area (Å²) >= 11 is 0. The second-order valence-electron chi connectivity index (χ2n) is 6.39. The first-order chi connectivity index (χ1) is 11.1. The highest BCUT2D eigenvalue weighted by Crippen LogP contribution is 2.18. The van der Waals surface area contributed by atoms with E-state index in [9.17, 15) is 9.59 Å². The summed E-state index contributed by atoms with van der Waals surface area (Å²) in [5.41, 5.74) is 0.995. The first kappa shape index (κ1) is 17.4. The van der Waals surface area contributed by atoms with Gasteiger partial charge in [0.1, 0.15) is 5.69 Å². The van der Waals surface area contributed by atoms with Gasteiger partial charge >= 0.3 is 0 Å². The van der Waals surface area contributed by atoms with Crippen molar-refractivity contribution in [2.75, 3.05) is 0 Å². The third-order valence-electron chi connectivity index (χ3n) is 4.62. The van der Waals surface area contributed by atoms with E-state index in [2.05, 4.69) is 22.1 Å². The molecule has 0 saturated heterocycles. The van der Waals surface area contributed by atoms with Gasteiger partial charge in [-0.3, -0.25) is 14.7 Å². The number of nitrogens with one attached hydrogen (secondary N) is 2. The zero-order chi connectivity index (χ0) is 16.7. The molecule has 1 amide bonds. The maximum absolute atomic E-state index is 12.5. The predicted octanol–water partition coefficient (Wildman–Crippen LogP) is 3.49. The molecule has 0 aromatic carbocycles. The van der Waals surface area contributed by atoms with Gasteiger partial charge in [0.15, 0.2) is 5.78 Å². The minimum absolute atomic E-state index is 0.191. The normalized spacial score (nSPS) is 18.3. The number of hydrogen-bond donors (Lipinski definition) is 2. The van der Waals surface area contributed by atoms with Crippen LogP contribution in [0.25, 0.3) is 6.08 Å². The topological polar surface area (TPSA) is 74.8 Å². The van der Waals surface area contributed by atoms with Gasteiger partial charge in [-0.05, 0) is 19.8 Å². The van der Waals surface area contributed by atoms with Gasteiger partial charge in [0.05, 0.1) is 12.1 Å². The number of carbonyl (C=O) groups excluding carboxylic acids is 2. The van der Waals surface area contributed by atoms with E-state index in [4.69, 9.17) is 0 Å². The summed E-state index contributed by atoms with van der Waals surface area (Å²) in [5, 5.41) is 9.60. The van der Waals surface area contributed by atoms with Crippen molar-refractivity contribution in [3.05, 3.63) is 24.0 Å². The summed E-state index contributed by atoms with van der Waals surface area (Å²) in [5.74, 6) is -1.15. The molecule has 5 nitrogen and oxygen atoms in total. The van der Waals surface area contributed by atoms with Gasteiger partial charge in [-0.1, -0.05) is 51.2 Å². The fraction of sp³-hybridized carbons (Fsp3) is 0.611. The first-order valence-corrected chi connectivity index (χ1v) is 8.64. The third kappa shape index (κ3) is 4.78. The molecule has 1 atom stereocenters. The number of aromatic nitrogens is 2. The number of aromatic amines is 1. The van der Waals surface area contributed by atoms with Crippen molar-refractivity contribution in [3.8, 4) is 0 Å². The fourth-order valence-corrected chi connectivity index (χ4v) is 3.09. The largest absolute Gasteiger partial charge is 0.353 e. The van der Waals surface area contributed by atoms with E-state index in [1.54, 1.807) is 19.2 Å². The summed E-state index contributed by atoms with van der Waals surface area (Å²) in [6.07, 6.45) is 12.5. The molecule has 0 radical (unpaired) electrons. The van der Waals surface area contributed by atoms with Crippen LogP contribution in [0, 0.1) is 5.92 Å². The Labute approximate surface area is 137 Å². The van der Waals surface area contributed by atoms with Gasteiger partial charge in [0, 0.05) is 11.6 Å². The van der Waals surface area contributed by atoms with E-state index in [1.807, 2.05) is 0 Å². The van der Waals surface area contributed by atoms with Crippen LogP contribution in [0.15, 0.2) is 12.8 Å². The Morgan fingerprint density at radius 1 is 1.26 bits per heavy atom. The highest BCUT2D eigenvalue weighted by molar-refractivity contribution is 6.10. The monoisotopic (exact) mass is 317 g/mol. The third-order valence-corrected chi connectivity index (χ3v) is 4.62. The molecule has 0 bridgehead atoms. The molecule has 1 aliphatic rings. The second-order valence-corrected chi connectivity index (χ2v) is 6.39. The maximum Gasteiger partial charge on any atom is 0.230 e. The molecular weight excluding hydrogens is 290 g/mol. The number of H-pyrrole nitrogens is 1. The molecule has 1 fully saturated rings. The van der Waals surface area contributed by atoms with Gasteiger partial charge in [-0.15, -0.1) is 0 Å². The Morgan fingerprint density at radius 2 is 1.87 bits per heavy atom. The molecule has 2 N–H and O–H groups in total. The van der Waals surface area contributed by atoms with Crippen LogP contribution < -0.4 is 5.32 Å². The number of hydrogen-bond acceptors (Lipinski definition) is 3. The minimum atomic E-state index is -0.721. The number of amides is 1. The molecule has 0 aliphatic heterocycles. The SMILES string of the molecule is C=Cc1cn[nH]c1C(=O)C(C)C(=O)NC1CCCCCCCC1. The number of nitrogens with zero attached hydrogens (tertiary/aromatic N) is 1. The molecule has 0 spiro atoms. The number of Topliss-reactive ketones (excluding diaryl/α,β-unsaturated/α-hetero) is 1. The summed E-state index contributed by atoms with van der Waals surface area (Å²) in [6, 6.07) is 0.191. The van der Waals surface area contributed by atoms with Crippen LogP contribution >= 0.6 is 0 Å². The maximum atomic E-state index is 12.5. The first-order valence-electron chi connectivity index (χ1n) is 8.64. The van der Waals surface area contributed by atoms with Gasteiger partial charge in [0.2, 0.25) is 5.91 Å². The molecule has 1 aromatic heterocycles. The molecule has 5 heteroatoms. The molecule has 1 unspecified atom stereocenters. The number of rotatable bonds is 5. The summed E-state index contributed by atoms with van der Waals surface area (Å²) in [4.78, 5) is 24.9. The van der Waals surface area contributed by atoms with Gasteiger partial charge in [-0.2, -0.15) is 5.10 Å². The highest BCUT2D eigenvalue weighted by Gasteiger charge is 2.27. The lowest BCUT2D eigenvalue weighted by atomic mass is 9.98. The van der Waals surface area contributed by atoms with Crippen molar-refractivity contribution in [2.24, 2.45) is 5.92 Å². The van der Waals surface area contributed by atoms with Crippen LogP contribution in [-0.2, 0) is 4.79 Å². The molecular formula is C18H27N3O2. The van der Waals surface area contributed by atoms with E-state index in [0.717, 1.165) is 25.7 Å². The molecule has 23 heavy (non-hydrogen) atoms. The molecule has 1 saturated carbocycles. The predicted molar refractivity (Wildman–Crippen MR) is 91.0 cm³/mol. The van der Waals surface area contributed by atoms with E-state index in [1.165, 1.54) is 25.7 Å². The number of ketones is 1. The smallest absolute Gasteiger partial charge is 0.230 e. The zero-order valence-electron chi connectivity index (χ0n) is 13.9. The van der Waals surface area contributed by atoms with Crippen molar-refractivity contribution < 1.29 is 9.59 Å². The second kappa shape index (κ2) is 8.65. The Bertz CT molecular complexity index is 540. The zero-order valence-corrected chi connectivity index (χ0v) is 13.9. The lowest BCUT2D eigenvalue weighted by Gasteiger charge is -2.20. The van der Waals surface area contributed by atoms with Crippen molar-refractivity contribution in [1.82, 2.24) is 15.5 Å². The summed E-state index contributed by atoms with van der Waals surface area (Å²) in [7, 11) is 0. The average Bonchev–Trinajstić information content (AvgIpc) is 3.06. The standard InChI is InChI=1S/C18H27N3O2/c1-3-14-12-19-21-16(14)17(22)13(2)18(23)20-15-10-8-6-4-5-7-9-11-15/h3,12-13,15H,1,4-11H2,2H3,(H,19,21)(H,20,23). The van der Waals surface area contributed by atoms with Crippen molar-refractivity contribution in [3.63, 3.8) is 0 Å². The average molecular weight is 317 g/mol. The molecule has 126 valence electrons. The van der Waals surface area contributed by atoms with Crippen LogP contribution in [0.2, 0.25) is 0 Å². The Balaban J connectivity index is 1.95. The fourth-order valence-electron chi connectivity index (χ4n) is 3.09. The Morgan fingerprint density at radius 3 is 2.48 bits per heavy atom. The van der Waals surface area contributed by atoms with Crippen LogP contribution in [0.3, 0.4) is 0 Å². The molecule has 1 heterocycles. The Hall–Kier alpha value is -1.91. The Kier molecular flexibility index (Phi) is 6.56. The quantitative estimate of drug-likeness (QED) is 0.645. The summed E-state index contributed by atoms with van der Waals surface area (Å²) < 4.78 is 0. The van der Waals surface area contributed by atoms with Crippen molar-refractivity contribution >= 4 is 17.8 Å². The van der Waals surface area contributed by atoms with E-state index >= 15 is 0 Å². The van der Waals surface area contributed by atoms with E-state index in [0.29, 0.717) is 11.3 Å². The van der Waals surface area contributed by atoms with Crippen LogP contribution in [0.1, 0.15) is 74.3 Å². The van der Waals surface area contributed by atoms with Gasteiger partial charge in [-0.25, -0.2) is 0 Å². The molecule has 2 rings (SSSR count). The van der Waals surface area contributed by atoms with Crippen LogP contribution in [-0.4, -0.2) is 27.9 Å². The van der Waals surface area contributed by atoms with Crippen LogP contribution in [0.4, 0.5) is 0 Å². The lowest BCUT2D eigenvalue weighted by Crippen LogP contribution is -2.40. The van der Waals surface area contributed by atoms with Crippen molar-refractivity contribution in [1.29, 1.82) is 0 Å².